The van der Waals surface area contributed by atoms with Crippen LogP contribution >= 0.6 is 0 Å². The number of hydrogen-bond donors (Lipinski definition) is 0. The second-order valence-electron chi connectivity index (χ2n) is 9.46. The maximum atomic E-state index is 13.7. The Labute approximate surface area is 252 Å². The third-order valence-electron chi connectivity index (χ3n) is 6.45. The maximum Gasteiger partial charge on any atom is 0.534 e. The molecule has 2 unspecified atom stereocenters. The SMILES string of the molecule is COC(=O)COc1ccc(OS(=O)(=O)C(F)(F)F)c(Oc2ccc(C(F)(F)F)cc2CN2C(=O)OC(c3ccccc3)C2C)c1. The number of ether oxygens (including phenoxy) is 4. The monoisotopic (exact) mass is 663 g/mol. The molecule has 45 heavy (non-hydrogen) atoms. The molecule has 1 aliphatic heterocycles. The van der Waals surface area contributed by atoms with Crippen molar-refractivity contribution in [3.05, 3.63) is 83.4 Å². The van der Waals surface area contributed by atoms with E-state index in [1.165, 1.54) is 0 Å². The Morgan fingerprint density at radius 2 is 1.60 bits per heavy atom. The van der Waals surface area contributed by atoms with Crippen LogP contribution in [0.25, 0.3) is 0 Å². The van der Waals surface area contributed by atoms with Crippen LogP contribution in [0.2, 0.25) is 0 Å². The van der Waals surface area contributed by atoms with Crippen LogP contribution in [-0.4, -0.2) is 50.6 Å². The van der Waals surface area contributed by atoms with Crippen LogP contribution in [0, 0.1) is 0 Å². The Hall–Kier alpha value is -4.67. The van der Waals surface area contributed by atoms with E-state index in [-0.39, 0.29) is 11.3 Å². The summed E-state index contributed by atoms with van der Waals surface area (Å²) in [6.07, 6.45) is -6.48. The number of methoxy groups -OCH3 is 1. The Kier molecular flexibility index (Phi) is 9.41. The average Bonchev–Trinajstić information content (AvgIpc) is 3.25. The summed E-state index contributed by atoms with van der Waals surface area (Å²) in [5, 5.41) is 0. The Morgan fingerprint density at radius 3 is 2.22 bits per heavy atom. The van der Waals surface area contributed by atoms with Crippen molar-refractivity contribution < 1.29 is 67.5 Å². The van der Waals surface area contributed by atoms with Gasteiger partial charge in [-0.05, 0) is 42.8 Å². The average molecular weight is 664 g/mol. The molecule has 2 atom stereocenters. The van der Waals surface area contributed by atoms with Gasteiger partial charge >= 0.3 is 33.9 Å². The smallest absolute Gasteiger partial charge is 0.482 e. The number of amides is 1. The lowest BCUT2D eigenvalue weighted by Gasteiger charge is -2.23. The summed E-state index contributed by atoms with van der Waals surface area (Å²) in [5.74, 6) is -3.25. The molecule has 10 nitrogen and oxygen atoms in total. The Bertz CT molecular complexity index is 1660. The molecule has 17 heteroatoms. The van der Waals surface area contributed by atoms with Crippen molar-refractivity contribution in [2.45, 2.75) is 37.3 Å². The molecule has 1 amide bonds. The quantitative estimate of drug-likeness (QED) is 0.106. The number of carbonyl (C=O) groups excluding carboxylic acids is 2. The number of benzene rings is 3. The van der Waals surface area contributed by atoms with Gasteiger partial charge in [-0.1, -0.05) is 30.3 Å². The van der Waals surface area contributed by atoms with E-state index < -0.39 is 82.0 Å². The first-order valence-corrected chi connectivity index (χ1v) is 14.2. The van der Waals surface area contributed by atoms with Gasteiger partial charge in [-0.25, -0.2) is 9.59 Å². The Morgan fingerprint density at radius 1 is 0.933 bits per heavy atom. The molecule has 3 aromatic rings. The minimum absolute atomic E-state index is 0.233. The van der Waals surface area contributed by atoms with Crippen LogP contribution in [0.3, 0.4) is 0 Å². The molecule has 0 aliphatic carbocycles. The fraction of sp³-hybridized carbons (Fsp3) is 0.286. The molecule has 0 spiro atoms. The lowest BCUT2D eigenvalue weighted by atomic mass is 10.0. The van der Waals surface area contributed by atoms with Crippen molar-refractivity contribution in [3.8, 4) is 23.0 Å². The van der Waals surface area contributed by atoms with Crippen LogP contribution in [0.4, 0.5) is 31.1 Å². The van der Waals surface area contributed by atoms with E-state index in [4.69, 9.17) is 14.2 Å². The molecule has 242 valence electrons. The van der Waals surface area contributed by atoms with Crippen molar-refractivity contribution in [2.24, 2.45) is 0 Å². The van der Waals surface area contributed by atoms with Gasteiger partial charge in [-0.15, -0.1) is 0 Å². The molecule has 1 heterocycles. The number of halogens is 6. The summed E-state index contributed by atoms with van der Waals surface area (Å²) in [7, 11) is -5.16. The van der Waals surface area contributed by atoms with E-state index >= 15 is 0 Å². The van der Waals surface area contributed by atoms with Crippen molar-refractivity contribution in [2.75, 3.05) is 13.7 Å². The molecular weight excluding hydrogens is 640 g/mol. The predicted octanol–water partition coefficient (Wildman–Crippen LogP) is 6.36. The summed E-state index contributed by atoms with van der Waals surface area (Å²) in [6, 6.07) is 12.5. The maximum absolute atomic E-state index is 13.7. The van der Waals surface area contributed by atoms with Gasteiger partial charge < -0.3 is 23.1 Å². The van der Waals surface area contributed by atoms with Crippen molar-refractivity contribution in [1.82, 2.24) is 4.90 Å². The largest absolute Gasteiger partial charge is 0.534 e. The van der Waals surface area contributed by atoms with Gasteiger partial charge in [0, 0.05) is 11.6 Å². The fourth-order valence-corrected chi connectivity index (χ4v) is 4.65. The van der Waals surface area contributed by atoms with Crippen molar-refractivity contribution in [1.29, 1.82) is 0 Å². The third-order valence-corrected chi connectivity index (χ3v) is 7.42. The van der Waals surface area contributed by atoms with Crippen LogP contribution < -0.4 is 13.7 Å². The first-order valence-electron chi connectivity index (χ1n) is 12.7. The van der Waals surface area contributed by atoms with Gasteiger partial charge in [0.25, 0.3) is 0 Å². The van der Waals surface area contributed by atoms with E-state index in [9.17, 15) is 44.3 Å². The van der Waals surface area contributed by atoms with E-state index in [1.807, 2.05) is 0 Å². The predicted molar refractivity (Wildman–Crippen MR) is 142 cm³/mol. The van der Waals surface area contributed by atoms with Gasteiger partial charge in [0.15, 0.2) is 18.1 Å². The van der Waals surface area contributed by atoms with E-state index in [2.05, 4.69) is 8.92 Å². The lowest BCUT2D eigenvalue weighted by molar-refractivity contribution is -0.143. The molecule has 0 bridgehead atoms. The zero-order valence-electron chi connectivity index (χ0n) is 23.2. The Balaban J connectivity index is 1.74. The highest BCUT2D eigenvalue weighted by molar-refractivity contribution is 7.88. The number of carbonyl (C=O) groups is 2. The van der Waals surface area contributed by atoms with Gasteiger partial charge in [0.2, 0.25) is 0 Å². The molecule has 0 radical (unpaired) electrons. The number of nitrogens with zero attached hydrogens (tertiary/aromatic N) is 1. The first-order chi connectivity index (χ1) is 21.0. The second-order valence-corrected chi connectivity index (χ2v) is 11.0. The summed E-state index contributed by atoms with van der Waals surface area (Å²) in [5.41, 5.74) is -6.63. The number of hydrogen-bond acceptors (Lipinski definition) is 9. The summed E-state index contributed by atoms with van der Waals surface area (Å²) in [4.78, 5) is 25.4. The van der Waals surface area contributed by atoms with E-state index in [0.29, 0.717) is 17.7 Å². The topological polar surface area (TPSA) is 118 Å². The molecular formula is C28H23F6NO9S. The highest BCUT2D eigenvalue weighted by atomic mass is 32.2. The minimum Gasteiger partial charge on any atom is -0.482 e. The number of alkyl halides is 6. The van der Waals surface area contributed by atoms with Gasteiger partial charge in [0.1, 0.15) is 17.6 Å². The molecule has 1 saturated heterocycles. The molecule has 1 fully saturated rings. The minimum atomic E-state index is -6.22. The molecule has 3 aromatic carbocycles. The summed E-state index contributed by atoms with van der Waals surface area (Å²) >= 11 is 0. The van der Waals surface area contributed by atoms with Gasteiger partial charge in [-0.2, -0.15) is 34.8 Å². The van der Waals surface area contributed by atoms with Crippen LogP contribution in [0.5, 0.6) is 23.0 Å². The number of cyclic esters (lactones) is 1. The van der Waals surface area contributed by atoms with Gasteiger partial charge in [0.05, 0.1) is 25.3 Å². The summed E-state index contributed by atoms with van der Waals surface area (Å²) < 4.78 is 129. The molecule has 0 aromatic heterocycles. The van der Waals surface area contributed by atoms with Crippen LogP contribution in [-0.2, 0) is 37.1 Å². The normalized spacial score (nSPS) is 17.1. The van der Waals surface area contributed by atoms with Crippen molar-refractivity contribution >= 4 is 22.2 Å². The molecule has 0 saturated carbocycles. The number of rotatable bonds is 10. The molecule has 0 N–H and O–H groups in total. The number of esters is 1. The standard InChI is InChI=1S/C28H23F6NO9S/c1-16-25(17-6-4-3-5-7-17)43-26(37)35(16)14-18-12-19(27(29,30)31)8-10-21(18)42-23-13-20(41-15-24(36)40-2)9-11-22(23)44-45(38,39)28(32,33)34/h3-13,16,25H,14-15H2,1-2H3. The second kappa shape index (κ2) is 12.7. The van der Waals surface area contributed by atoms with Gasteiger partial charge in [-0.3, -0.25) is 4.90 Å². The zero-order chi connectivity index (χ0) is 33.2. The summed E-state index contributed by atoms with van der Waals surface area (Å²) in [6.45, 7) is 0.422. The van der Waals surface area contributed by atoms with E-state index in [1.54, 1.807) is 37.3 Å². The zero-order valence-corrected chi connectivity index (χ0v) is 24.0. The third kappa shape index (κ3) is 7.71. The first kappa shape index (κ1) is 33.2. The fourth-order valence-electron chi connectivity index (χ4n) is 4.18. The van der Waals surface area contributed by atoms with Crippen molar-refractivity contribution in [3.63, 3.8) is 0 Å². The van der Waals surface area contributed by atoms with E-state index in [0.717, 1.165) is 36.3 Å². The molecule has 1 aliphatic rings. The highest BCUT2D eigenvalue weighted by Crippen LogP contribution is 2.42. The van der Waals surface area contributed by atoms with Crippen LogP contribution in [0.15, 0.2) is 66.7 Å². The highest BCUT2D eigenvalue weighted by Gasteiger charge is 2.49. The lowest BCUT2D eigenvalue weighted by Crippen LogP contribution is -2.31. The molecule has 4 rings (SSSR count). The van der Waals surface area contributed by atoms with Crippen LogP contribution in [0.1, 0.15) is 29.7 Å².